The van der Waals surface area contributed by atoms with E-state index in [-0.39, 0.29) is 12.5 Å². The molecule has 3 rings (SSSR count). The molecule has 2 aromatic heterocycles. The smallest absolute Gasteiger partial charge is 0.319 e. The Morgan fingerprint density at radius 3 is 2.83 bits per heavy atom. The lowest BCUT2D eigenvalue weighted by Gasteiger charge is -2.16. The summed E-state index contributed by atoms with van der Waals surface area (Å²) in [6, 6.07) is 2.93. The molecule has 1 aliphatic heterocycles. The second kappa shape index (κ2) is 6.86. The topological polar surface area (TPSA) is 105 Å². The number of likely N-dealkylation sites (tertiary alicyclic amines) is 1. The van der Waals surface area contributed by atoms with Gasteiger partial charge in [-0.2, -0.15) is 5.10 Å². The van der Waals surface area contributed by atoms with Gasteiger partial charge in [-0.05, 0) is 25.0 Å². The van der Waals surface area contributed by atoms with Crippen LogP contribution < -0.4 is 10.6 Å². The Morgan fingerprint density at radius 1 is 1.26 bits per heavy atom. The van der Waals surface area contributed by atoms with Crippen LogP contribution in [0.5, 0.6) is 0 Å². The Balaban J connectivity index is 1.59. The van der Waals surface area contributed by atoms with Crippen LogP contribution in [-0.2, 0) is 4.79 Å². The van der Waals surface area contributed by atoms with Crippen LogP contribution in [0.2, 0.25) is 0 Å². The van der Waals surface area contributed by atoms with Crippen molar-refractivity contribution in [2.24, 2.45) is 0 Å². The molecule has 1 aliphatic rings. The van der Waals surface area contributed by atoms with Crippen LogP contribution in [-0.4, -0.2) is 56.2 Å². The first-order chi connectivity index (χ1) is 11.2. The van der Waals surface area contributed by atoms with Gasteiger partial charge in [0.25, 0.3) is 0 Å². The molecule has 0 atom stereocenters. The fourth-order valence-electron chi connectivity index (χ4n) is 2.40. The Bertz CT molecular complexity index is 680. The van der Waals surface area contributed by atoms with Crippen LogP contribution in [0.1, 0.15) is 12.8 Å². The van der Waals surface area contributed by atoms with E-state index in [4.69, 9.17) is 0 Å². The van der Waals surface area contributed by atoms with E-state index in [1.165, 1.54) is 17.3 Å². The van der Waals surface area contributed by atoms with Gasteiger partial charge in [0.2, 0.25) is 5.91 Å². The molecule has 0 radical (unpaired) electrons. The summed E-state index contributed by atoms with van der Waals surface area (Å²) in [4.78, 5) is 33.7. The Labute approximate surface area is 132 Å². The highest BCUT2D eigenvalue weighted by atomic mass is 16.2. The summed E-state index contributed by atoms with van der Waals surface area (Å²) >= 11 is 0. The zero-order valence-electron chi connectivity index (χ0n) is 12.5. The maximum atomic E-state index is 12.0. The molecule has 23 heavy (non-hydrogen) atoms. The maximum Gasteiger partial charge on any atom is 0.319 e. The van der Waals surface area contributed by atoms with Crippen LogP contribution >= 0.6 is 0 Å². The predicted molar refractivity (Wildman–Crippen MR) is 82.0 cm³/mol. The zero-order valence-corrected chi connectivity index (χ0v) is 12.5. The van der Waals surface area contributed by atoms with Gasteiger partial charge in [-0.1, -0.05) is 0 Å². The number of carbonyl (C=O) groups excluding carboxylic acids is 2. The molecule has 0 unspecified atom stereocenters. The molecule has 3 amide bonds. The van der Waals surface area contributed by atoms with E-state index in [1.807, 2.05) is 0 Å². The molecule has 1 fully saturated rings. The molecule has 0 aromatic carbocycles. The average Bonchev–Trinajstić information content (AvgIpc) is 3.26. The Hall–Kier alpha value is -2.97. The van der Waals surface area contributed by atoms with E-state index in [0.29, 0.717) is 11.5 Å². The number of hydrogen-bond donors (Lipinski definition) is 2. The average molecular weight is 315 g/mol. The largest absolute Gasteiger partial charge is 0.341 e. The Morgan fingerprint density at radius 2 is 2.09 bits per heavy atom. The van der Waals surface area contributed by atoms with Gasteiger partial charge < -0.3 is 15.5 Å². The van der Waals surface area contributed by atoms with Crippen molar-refractivity contribution in [2.45, 2.75) is 12.8 Å². The molecule has 0 aliphatic carbocycles. The van der Waals surface area contributed by atoms with E-state index >= 15 is 0 Å². The lowest BCUT2D eigenvalue weighted by molar-refractivity contribution is -0.128. The first-order valence-corrected chi connectivity index (χ1v) is 7.36. The molecule has 9 nitrogen and oxygen atoms in total. The maximum absolute atomic E-state index is 12.0. The third-order valence-electron chi connectivity index (χ3n) is 3.53. The third-order valence-corrected chi connectivity index (χ3v) is 3.53. The van der Waals surface area contributed by atoms with Crippen LogP contribution in [0.4, 0.5) is 10.5 Å². The zero-order chi connectivity index (χ0) is 16.1. The minimum Gasteiger partial charge on any atom is -0.341 e. The molecule has 120 valence electrons. The minimum absolute atomic E-state index is 0.0231. The van der Waals surface area contributed by atoms with Crippen molar-refractivity contribution in [1.29, 1.82) is 0 Å². The molecular weight excluding hydrogens is 298 g/mol. The summed E-state index contributed by atoms with van der Waals surface area (Å²) in [5.41, 5.74) is 0.476. The SMILES string of the molecule is O=C(NCC(=O)N1CCCC1)Nc1cccnc1-n1cncn1. The molecule has 2 aromatic rings. The fourth-order valence-corrected chi connectivity index (χ4v) is 2.40. The second-order valence-electron chi connectivity index (χ2n) is 5.11. The van der Waals surface area contributed by atoms with Gasteiger partial charge in [-0.15, -0.1) is 0 Å². The molecule has 3 heterocycles. The van der Waals surface area contributed by atoms with Gasteiger partial charge in [0, 0.05) is 19.3 Å². The highest BCUT2D eigenvalue weighted by molar-refractivity contribution is 5.93. The van der Waals surface area contributed by atoms with Crippen molar-refractivity contribution in [2.75, 3.05) is 25.0 Å². The predicted octanol–water partition coefficient (Wildman–Crippen LogP) is 0.406. The summed E-state index contributed by atoms with van der Waals surface area (Å²) in [6.45, 7) is 1.51. The van der Waals surface area contributed by atoms with Crippen LogP contribution in [0.3, 0.4) is 0 Å². The molecule has 9 heteroatoms. The lowest BCUT2D eigenvalue weighted by atomic mass is 10.4. The first-order valence-electron chi connectivity index (χ1n) is 7.36. The van der Waals surface area contributed by atoms with Crippen molar-refractivity contribution in [1.82, 2.24) is 30.0 Å². The van der Waals surface area contributed by atoms with Gasteiger partial charge >= 0.3 is 6.03 Å². The number of amides is 3. The first kappa shape index (κ1) is 14.9. The van der Waals surface area contributed by atoms with Gasteiger partial charge in [-0.3, -0.25) is 4.79 Å². The van der Waals surface area contributed by atoms with Gasteiger partial charge in [0.05, 0.1) is 12.2 Å². The normalized spacial score (nSPS) is 13.8. The van der Waals surface area contributed by atoms with E-state index in [9.17, 15) is 9.59 Å². The number of nitrogens with zero attached hydrogens (tertiary/aromatic N) is 5. The lowest BCUT2D eigenvalue weighted by Crippen LogP contribution is -2.40. The molecular formula is C14H17N7O2. The van der Waals surface area contributed by atoms with Crippen LogP contribution in [0, 0.1) is 0 Å². The van der Waals surface area contributed by atoms with Crippen molar-refractivity contribution < 1.29 is 9.59 Å². The number of pyridine rings is 1. The third kappa shape index (κ3) is 3.62. The highest BCUT2D eigenvalue weighted by Gasteiger charge is 2.18. The molecule has 0 spiro atoms. The van der Waals surface area contributed by atoms with Crippen molar-refractivity contribution >= 4 is 17.6 Å². The van der Waals surface area contributed by atoms with Gasteiger partial charge in [-0.25, -0.2) is 19.4 Å². The summed E-state index contributed by atoms with van der Waals surface area (Å²) < 4.78 is 1.45. The van der Waals surface area contributed by atoms with E-state index < -0.39 is 6.03 Å². The van der Waals surface area contributed by atoms with Gasteiger partial charge in [0.15, 0.2) is 5.82 Å². The Kier molecular flexibility index (Phi) is 4.46. The van der Waals surface area contributed by atoms with Gasteiger partial charge in [0.1, 0.15) is 12.7 Å². The number of hydrogen-bond acceptors (Lipinski definition) is 5. The second-order valence-corrected chi connectivity index (χ2v) is 5.11. The van der Waals surface area contributed by atoms with E-state index in [0.717, 1.165) is 25.9 Å². The highest BCUT2D eigenvalue weighted by Crippen LogP contribution is 2.15. The molecule has 0 saturated carbocycles. The number of aromatic nitrogens is 4. The number of urea groups is 1. The number of nitrogens with one attached hydrogen (secondary N) is 2. The van der Waals surface area contributed by atoms with Crippen molar-refractivity contribution in [3.05, 3.63) is 31.0 Å². The molecule has 1 saturated heterocycles. The van der Waals surface area contributed by atoms with Crippen molar-refractivity contribution in [3.8, 4) is 5.82 Å². The number of anilines is 1. The summed E-state index contributed by atoms with van der Waals surface area (Å²) in [6.07, 6.45) is 6.51. The fraction of sp³-hybridized carbons (Fsp3) is 0.357. The summed E-state index contributed by atoms with van der Waals surface area (Å²) in [5, 5.41) is 9.23. The van der Waals surface area contributed by atoms with E-state index in [1.54, 1.807) is 23.2 Å². The monoisotopic (exact) mass is 315 g/mol. The van der Waals surface area contributed by atoms with Crippen molar-refractivity contribution in [3.63, 3.8) is 0 Å². The minimum atomic E-state index is -0.466. The standard InChI is InChI=1S/C14H17N7O2/c22-12(20-6-1-2-7-20)8-17-14(23)19-11-4-3-5-16-13(11)21-10-15-9-18-21/h3-5,9-10H,1-2,6-8H2,(H2,17,19,23). The summed E-state index contributed by atoms with van der Waals surface area (Å²) in [5.74, 6) is 0.381. The quantitative estimate of drug-likeness (QED) is 0.850. The van der Waals surface area contributed by atoms with Crippen LogP contribution in [0.15, 0.2) is 31.0 Å². The van der Waals surface area contributed by atoms with Crippen LogP contribution in [0.25, 0.3) is 5.82 Å². The molecule has 0 bridgehead atoms. The molecule has 2 N–H and O–H groups in total. The number of rotatable bonds is 4. The van der Waals surface area contributed by atoms with E-state index in [2.05, 4.69) is 25.7 Å². The number of carbonyl (C=O) groups is 2. The summed E-state index contributed by atoms with van der Waals surface area (Å²) in [7, 11) is 0.